The van der Waals surface area contributed by atoms with E-state index in [1.54, 1.807) is 24.3 Å². The normalized spacial score (nSPS) is 11.3. The molecule has 3 N–H and O–H groups in total. The van der Waals surface area contributed by atoms with Crippen LogP contribution in [-0.2, 0) is 10.0 Å². The Kier molecular flexibility index (Phi) is 5.17. The Morgan fingerprint density at radius 2 is 1.87 bits per heavy atom. The standard InChI is InChI=1S/C20H17N5O4S/c1-13-3-2-4-15(11-13)23-20-25-24-19(29-20)14-5-7-16(8-6-14)28-17-9-10-22-12-18(17)30(21,26)27/h2-12H,1H3,(H,23,25)(H2,21,26,27). The van der Waals surface area contributed by atoms with Gasteiger partial charge in [0.05, 0.1) is 6.20 Å². The fourth-order valence-electron chi connectivity index (χ4n) is 2.69. The Labute approximate surface area is 172 Å². The summed E-state index contributed by atoms with van der Waals surface area (Å²) in [5, 5.41) is 16.3. The van der Waals surface area contributed by atoms with Gasteiger partial charge in [-0.1, -0.05) is 17.2 Å². The molecule has 0 fully saturated rings. The molecule has 0 saturated heterocycles. The van der Waals surface area contributed by atoms with Crippen molar-refractivity contribution in [2.24, 2.45) is 5.14 Å². The minimum Gasteiger partial charge on any atom is -0.456 e. The van der Waals surface area contributed by atoms with Crippen molar-refractivity contribution in [1.29, 1.82) is 0 Å². The monoisotopic (exact) mass is 423 g/mol. The number of sulfonamides is 1. The van der Waals surface area contributed by atoms with Gasteiger partial charge in [-0.3, -0.25) is 4.98 Å². The molecule has 0 aliphatic rings. The Morgan fingerprint density at radius 1 is 1.07 bits per heavy atom. The van der Waals surface area contributed by atoms with Crippen LogP contribution < -0.4 is 15.2 Å². The van der Waals surface area contributed by atoms with Gasteiger partial charge in [-0.15, -0.1) is 5.10 Å². The molecule has 0 saturated carbocycles. The van der Waals surface area contributed by atoms with Crippen LogP contribution in [0, 0.1) is 6.92 Å². The summed E-state index contributed by atoms with van der Waals surface area (Å²) in [6.45, 7) is 1.99. The quantitative estimate of drug-likeness (QED) is 0.480. The van der Waals surface area contributed by atoms with Crippen LogP contribution >= 0.6 is 0 Å². The molecule has 30 heavy (non-hydrogen) atoms. The lowest BCUT2D eigenvalue weighted by Gasteiger charge is -2.09. The van der Waals surface area contributed by atoms with Gasteiger partial charge in [-0.25, -0.2) is 13.6 Å². The molecular formula is C20H17N5O4S. The largest absolute Gasteiger partial charge is 0.456 e. The zero-order valence-corrected chi connectivity index (χ0v) is 16.6. The minimum absolute atomic E-state index is 0.0858. The maximum atomic E-state index is 11.7. The third-order valence-corrected chi connectivity index (χ3v) is 5.00. The number of hydrogen-bond acceptors (Lipinski definition) is 8. The highest BCUT2D eigenvalue weighted by atomic mass is 32.2. The van der Waals surface area contributed by atoms with Crippen LogP contribution in [-0.4, -0.2) is 23.6 Å². The molecule has 2 heterocycles. The first kappa shape index (κ1) is 19.6. The number of nitrogens with one attached hydrogen (secondary N) is 1. The lowest BCUT2D eigenvalue weighted by atomic mass is 10.2. The van der Waals surface area contributed by atoms with Crippen molar-refractivity contribution in [2.45, 2.75) is 11.8 Å². The topological polar surface area (TPSA) is 133 Å². The summed E-state index contributed by atoms with van der Waals surface area (Å²) in [4.78, 5) is 3.58. The van der Waals surface area contributed by atoms with Crippen LogP contribution in [0.2, 0.25) is 0 Å². The fourth-order valence-corrected chi connectivity index (χ4v) is 3.29. The van der Waals surface area contributed by atoms with Gasteiger partial charge in [-0.2, -0.15) is 0 Å². The van der Waals surface area contributed by atoms with Crippen molar-refractivity contribution < 1.29 is 17.6 Å². The summed E-state index contributed by atoms with van der Waals surface area (Å²) in [6.07, 6.45) is 2.56. The highest BCUT2D eigenvalue weighted by Crippen LogP contribution is 2.29. The van der Waals surface area contributed by atoms with E-state index in [1.807, 2.05) is 31.2 Å². The smallest absolute Gasteiger partial charge is 0.320 e. The number of primary sulfonamides is 1. The Bertz CT molecular complexity index is 1290. The summed E-state index contributed by atoms with van der Waals surface area (Å²) in [6, 6.07) is 16.2. The molecule has 2 aromatic carbocycles. The van der Waals surface area contributed by atoms with Crippen molar-refractivity contribution >= 4 is 21.7 Å². The lowest BCUT2D eigenvalue weighted by molar-refractivity contribution is 0.466. The third kappa shape index (κ3) is 4.45. The number of ether oxygens (including phenoxy) is 1. The molecule has 0 radical (unpaired) electrons. The number of aryl methyl sites for hydroxylation is 1. The predicted molar refractivity (Wildman–Crippen MR) is 110 cm³/mol. The molecule has 9 nitrogen and oxygen atoms in total. The number of nitrogens with zero attached hydrogens (tertiary/aromatic N) is 3. The van der Waals surface area contributed by atoms with E-state index in [1.165, 1.54) is 12.3 Å². The van der Waals surface area contributed by atoms with Crippen LogP contribution in [0.3, 0.4) is 0 Å². The van der Waals surface area contributed by atoms with Crippen molar-refractivity contribution in [3.8, 4) is 23.0 Å². The summed E-state index contributed by atoms with van der Waals surface area (Å²) in [7, 11) is -3.96. The average Bonchev–Trinajstić information content (AvgIpc) is 3.17. The second-order valence-electron chi connectivity index (χ2n) is 6.40. The first-order chi connectivity index (χ1) is 14.4. The first-order valence-electron chi connectivity index (χ1n) is 8.81. The van der Waals surface area contributed by atoms with Crippen LogP contribution in [0.1, 0.15) is 5.56 Å². The van der Waals surface area contributed by atoms with Gasteiger partial charge in [0.2, 0.25) is 15.9 Å². The van der Waals surface area contributed by atoms with Crippen molar-refractivity contribution in [3.63, 3.8) is 0 Å². The number of aromatic nitrogens is 3. The molecule has 0 atom stereocenters. The maximum Gasteiger partial charge on any atom is 0.320 e. The zero-order valence-electron chi connectivity index (χ0n) is 15.8. The maximum absolute atomic E-state index is 11.7. The van der Waals surface area contributed by atoms with Gasteiger partial charge in [-0.05, 0) is 48.9 Å². The number of benzene rings is 2. The Morgan fingerprint density at radius 3 is 2.60 bits per heavy atom. The SMILES string of the molecule is Cc1cccc(Nc2nnc(-c3ccc(Oc4ccncc4S(N)(=O)=O)cc3)o2)c1. The van der Waals surface area contributed by atoms with E-state index in [0.29, 0.717) is 17.2 Å². The molecule has 4 aromatic rings. The van der Waals surface area contributed by atoms with E-state index < -0.39 is 10.0 Å². The highest BCUT2D eigenvalue weighted by molar-refractivity contribution is 7.89. The second kappa shape index (κ2) is 7.93. The van der Waals surface area contributed by atoms with Gasteiger partial charge >= 0.3 is 6.01 Å². The molecule has 0 unspecified atom stereocenters. The molecule has 0 bridgehead atoms. The summed E-state index contributed by atoms with van der Waals surface area (Å²) in [5.41, 5.74) is 2.63. The third-order valence-electron chi connectivity index (χ3n) is 4.08. The number of pyridine rings is 1. The van der Waals surface area contributed by atoms with Crippen molar-refractivity contribution in [1.82, 2.24) is 15.2 Å². The summed E-state index contributed by atoms with van der Waals surface area (Å²) < 4.78 is 34.6. The van der Waals surface area contributed by atoms with Gasteiger partial charge < -0.3 is 14.5 Å². The lowest BCUT2D eigenvalue weighted by Crippen LogP contribution is -2.13. The van der Waals surface area contributed by atoms with E-state index in [2.05, 4.69) is 20.5 Å². The number of nitrogens with two attached hydrogens (primary N) is 1. The Hall–Kier alpha value is -3.76. The Balaban J connectivity index is 1.50. The first-order valence-corrected chi connectivity index (χ1v) is 10.4. The molecule has 0 spiro atoms. The van der Waals surface area contributed by atoms with Crippen molar-refractivity contribution in [2.75, 3.05) is 5.32 Å². The van der Waals surface area contributed by atoms with E-state index >= 15 is 0 Å². The molecule has 4 rings (SSSR count). The van der Waals surface area contributed by atoms with Crippen LogP contribution in [0.25, 0.3) is 11.5 Å². The molecule has 0 aliphatic heterocycles. The second-order valence-corrected chi connectivity index (χ2v) is 7.93. The van der Waals surface area contributed by atoms with Gasteiger partial charge in [0, 0.05) is 23.5 Å². The van der Waals surface area contributed by atoms with E-state index in [-0.39, 0.29) is 16.7 Å². The van der Waals surface area contributed by atoms with Gasteiger partial charge in [0.1, 0.15) is 10.6 Å². The van der Waals surface area contributed by atoms with Crippen LogP contribution in [0.5, 0.6) is 11.5 Å². The molecule has 0 amide bonds. The summed E-state index contributed by atoms with van der Waals surface area (Å²) >= 11 is 0. The fraction of sp³-hybridized carbons (Fsp3) is 0.0500. The minimum atomic E-state index is -3.96. The number of hydrogen-bond donors (Lipinski definition) is 2. The van der Waals surface area contributed by atoms with Crippen LogP contribution in [0.4, 0.5) is 11.7 Å². The molecule has 0 aliphatic carbocycles. The van der Waals surface area contributed by atoms with Crippen molar-refractivity contribution in [3.05, 3.63) is 72.6 Å². The van der Waals surface area contributed by atoms with Gasteiger partial charge in [0.25, 0.3) is 0 Å². The van der Waals surface area contributed by atoms with Crippen LogP contribution in [0.15, 0.2) is 76.3 Å². The number of anilines is 2. The molecule has 2 aromatic heterocycles. The molecule has 10 heteroatoms. The molecule has 152 valence electrons. The number of rotatable bonds is 6. The van der Waals surface area contributed by atoms with Gasteiger partial charge in [0.15, 0.2) is 5.75 Å². The van der Waals surface area contributed by atoms with E-state index in [9.17, 15) is 8.42 Å². The average molecular weight is 423 g/mol. The molecular weight excluding hydrogens is 406 g/mol. The van der Waals surface area contributed by atoms with E-state index in [4.69, 9.17) is 14.3 Å². The highest BCUT2D eigenvalue weighted by Gasteiger charge is 2.16. The van der Waals surface area contributed by atoms with E-state index in [0.717, 1.165) is 17.4 Å². The zero-order chi connectivity index (χ0) is 21.1. The summed E-state index contributed by atoms with van der Waals surface area (Å²) in [5.74, 6) is 0.820. The predicted octanol–water partition coefficient (Wildman–Crippen LogP) is 3.62.